The van der Waals surface area contributed by atoms with Crippen molar-refractivity contribution >= 4 is 5.91 Å². The summed E-state index contributed by atoms with van der Waals surface area (Å²) in [6.07, 6.45) is 62.6. The van der Waals surface area contributed by atoms with Gasteiger partial charge in [0, 0.05) is 6.42 Å². The van der Waals surface area contributed by atoms with Crippen molar-refractivity contribution < 1.29 is 64.6 Å². The van der Waals surface area contributed by atoms with Gasteiger partial charge in [0.25, 0.3) is 0 Å². The summed E-state index contributed by atoms with van der Waals surface area (Å²) in [6, 6.07) is -0.933. The summed E-state index contributed by atoms with van der Waals surface area (Å²) in [6.45, 7) is 2.70. The molecule has 2 saturated heterocycles. The largest absolute Gasteiger partial charge is 0.394 e. The van der Waals surface area contributed by atoms with E-state index in [0.29, 0.717) is 12.8 Å². The highest BCUT2D eigenvalue weighted by Crippen LogP contribution is 2.30. The molecule has 0 aromatic carbocycles. The number of aliphatic hydroxyl groups is 8. The molecule has 2 aliphatic rings. The molecule has 1 amide bonds. The van der Waals surface area contributed by atoms with Crippen molar-refractivity contribution in [1.29, 1.82) is 0 Å². The number of carbonyl (C=O) groups is 1. The van der Waals surface area contributed by atoms with Crippen molar-refractivity contribution in [1.82, 2.24) is 5.32 Å². The Balaban J connectivity index is 1.63. The molecule has 512 valence electrons. The van der Waals surface area contributed by atoms with Gasteiger partial charge in [-0.1, -0.05) is 292 Å². The molecule has 88 heavy (non-hydrogen) atoms. The first-order chi connectivity index (χ1) is 43.1. The molecule has 0 bridgehead atoms. The van der Waals surface area contributed by atoms with Gasteiger partial charge in [0.15, 0.2) is 12.6 Å². The third-order valence-corrected chi connectivity index (χ3v) is 17.4. The Hall–Kier alpha value is -2.57. The van der Waals surface area contributed by atoms with E-state index in [1.54, 1.807) is 6.08 Å². The van der Waals surface area contributed by atoms with E-state index in [9.17, 15) is 45.6 Å². The second-order valence-electron chi connectivity index (χ2n) is 25.3. The summed E-state index contributed by atoms with van der Waals surface area (Å²) in [5.74, 6) is -0.245. The molecule has 2 fully saturated rings. The highest BCUT2D eigenvalue weighted by molar-refractivity contribution is 5.76. The number of nitrogens with one attached hydrogen (secondary N) is 1. The molecule has 0 aliphatic carbocycles. The molecule has 12 atom stereocenters. The zero-order chi connectivity index (χ0) is 63.8. The van der Waals surface area contributed by atoms with Gasteiger partial charge < -0.3 is 65.1 Å². The predicted molar refractivity (Wildman–Crippen MR) is 360 cm³/mol. The smallest absolute Gasteiger partial charge is 0.220 e. The molecule has 2 heterocycles. The van der Waals surface area contributed by atoms with Crippen LogP contribution in [-0.2, 0) is 23.7 Å². The number of aliphatic hydroxyl groups excluding tert-OH is 8. The van der Waals surface area contributed by atoms with Crippen molar-refractivity contribution in [2.24, 2.45) is 0 Å². The van der Waals surface area contributed by atoms with Gasteiger partial charge in [-0.3, -0.25) is 4.79 Å². The molecule has 0 spiro atoms. The van der Waals surface area contributed by atoms with Crippen LogP contribution < -0.4 is 5.32 Å². The zero-order valence-corrected chi connectivity index (χ0v) is 55.7. The number of ether oxygens (including phenoxy) is 4. The molecule has 2 rings (SSSR count). The highest BCUT2D eigenvalue weighted by atomic mass is 16.7. The van der Waals surface area contributed by atoms with Gasteiger partial charge in [0.05, 0.1) is 32.0 Å². The number of carbonyl (C=O) groups excluding carboxylic acids is 1. The van der Waals surface area contributed by atoms with Gasteiger partial charge in [-0.15, -0.1) is 0 Å². The predicted octanol–water partition coefficient (Wildman–Crippen LogP) is 15.0. The van der Waals surface area contributed by atoms with Gasteiger partial charge in [-0.25, -0.2) is 0 Å². The zero-order valence-electron chi connectivity index (χ0n) is 55.7. The van der Waals surface area contributed by atoms with Crippen molar-refractivity contribution in [2.45, 2.75) is 370 Å². The second kappa shape index (κ2) is 58.3. The standard InChI is InChI=1S/C74H133NO13/c1-3-5-7-9-11-13-15-17-19-21-23-24-25-26-27-28-29-30-31-32-33-34-35-36-37-38-40-42-44-46-48-50-52-54-56-58-66(79)75-62(63(78)57-55-53-51-49-47-45-43-41-39-22-20-18-16-14-12-10-8-6-4-2)61-85-73-71(84)69(82)72(65(60-77)87-73)88-74-70(83)68(81)67(80)64(59-76)86-74/h5,7,11,13,17,19,23-24,47,49,55,57,62-65,67-74,76-78,80-84H,3-4,6,8-10,12,14-16,18,20-22,25-46,48,50-54,56,58-61H2,1-2H3,(H,75,79)/b7-5-,13-11-,19-17-,24-23-,49-47+,57-55+. The third kappa shape index (κ3) is 41.8. The summed E-state index contributed by atoms with van der Waals surface area (Å²) < 4.78 is 22.8. The maximum absolute atomic E-state index is 13.3. The third-order valence-electron chi connectivity index (χ3n) is 17.4. The molecule has 2 aliphatic heterocycles. The van der Waals surface area contributed by atoms with Crippen LogP contribution in [0.5, 0.6) is 0 Å². The lowest BCUT2D eigenvalue weighted by Crippen LogP contribution is -2.65. The number of hydrogen-bond donors (Lipinski definition) is 9. The minimum Gasteiger partial charge on any atom is -0.394 e. The summed E-state index contributed by atoms with van der Waals surface area (Å²) in [4.78, 5) is 13.3. The summed E-state index contributed by atoms with van der Waals surface area (Å²) in [7, 11) is 0. The molecule has 0 saturated carbocycles. The van der Waals surface area contributed by atoms with E-state index >= 15 is 0 Å². The average molecular weight is 1240 g/mol. The summed E-state index contributed by atoms with van der Waals surface area (Å²) in [5, 5.41) is 87.4. The van der Waals surface area contributed by atoms with Crippen LogP contribution >= 0.6 is 0 Å². The van der Waals surface area contributed by atoms with Crippen molar-refractivity contribution in [2.75, 3.05) is 19.8 Å². The number of hydrogen-bond acceptors (Lipinski definition) is 13. The van der Waals surface area contributed by atoms with E-state index in [4.69, 9.17) is 18.9 Å². The second-order valence-corrected chi connectivity index (χ2v) is 25.3. The first kappa shape index (κ1) is 81.5. The van der Waals surface area contributed by atoms with Crippen LogP contribution in [0.25, 0.3) is 0 Å². The normalized spacial score (nSPS) is 23.6. The van der Waals surface area contributed by atoms with E-state index in [0.717, 1.165) is 57.8 Å². The number of rotatable bonds is 59. The van der Waals surface area contributed by atoms with Crippen LogP contribution in [-0.4, -0.2) is 140 Å². The molecule has 0 aromatic rings. The van der Waals surface area contributed by atoms with Crippen molar-refractivity contribution in [3.63, 3.8) is 0 Å². The van der Waals surface area contributed by atoms with Crippen molar-refractivity contribution in [3.8, 4) is 0 Å². The Labute approximate surface area is 536 Å². The monoisotopic (exact) mass is 1240 g/mol. The molecular weight excluding hydrogens is 1110 g/mol. The van der Waals surface area contributed by atoms with E-state index in [1.807, 2.05) is 6.08 Å². The molecule has 12 unspecified atom stereocenters. The first-order valence-corrected chi connectivity index (χ1v) is 36.2. The Morgan fingerprint density at radius 1 is 0.420 bits per heavy atom. The lowest BCUT2D eigenvalue weighted by Gasteiger charge is -2.46. The van der Waals surface area contributed by atoms with Crippen LogP contribution in [0.2, 0.25) is 0 Å². The minimum atomic E-state index is -1.79. The Kier molecular flexibility index (Phi) is 54.0. The molecule has 0 aromatic heterocycles. The molecule has 14 nitrogen and oxygen atoms in total. The van der Waals surface area contributed by atoms with Gasteiger partial charge in [0.1, 0.15) is 48.8 Å². The van der Waals surface area contributed by atoms with Gasteiger partial charge in [0.2, 0.25) is 5.91 Å². The van der Waals surface area contributed by atoms with E-state index in [1.165, 1.54) is 205 Å². The average Bonchev–Trinajstić information content (AvgIpc) is 1.84. The lowest BCUT2D eigenvalue weighted by molar-refractivity contribution is -0.359. The van der Waals surface area contributed by atoms with Crippen LogP contribution in [0, 0.1) is 0 Å². The quantitative estimate of drug-likeness (QED) is 0.0204. The number of amides is 1. The maximum Gasteiger partial charge on any atom is 0.220 e. The highest BCUT2D eigenvalue weighted by Gasteiger charge is 2.51. The van der Waals surface area contributed by atoms with Crippen LogP contribution in [0.1, 0.15) is 296 Å². The van der Waals surface area contributed by atoms with E-state index in [-0.39, 0.29) is 18.9 Å². The van der Waals surface area contributed by atoms with E-state index < -0.39 is 86.8 Å². The SMILES string of the molecule is CC/C=C\C/C=C\C/C=C\C/C=C\CCCCCCCCCCCCCCCCCCCCCCCCC(=O)NC(COC1OC(CO)C(OC2OC(CO)C(O)C(O)C2O)C(O)C1O)C(O)/C=C/CC/C=C/CCCCCCCCCCCCCCC. The van der Waals surface area contributed by atoms with Crippen LogP contribution in [0.4, 0.5) is 0 Å². The molecular formula is C74H133NO13. The van der Waals surface area contributed by atoms with Crippen LogP contribution in [0.15, 0.2) is 72.9 Å². The lowest BCUT2D eigenvalue weighted by atomic mass is 9.97. The first-order valence-electron chi connectivity index (χ1n) is 36.2. The maximum atomic E-state index is 13.3. The summed E-state index contributed by atoms with van der Waals surface area (Å²) in [5.41, 5.74) is 0. The van der Waals surface area contributed by atoms with E-state index in [2.05, 4.69) is 79.9 Å². The van der Waals surface area contributed by atoms with Gasteiger partial charge >= 0.3 is 0 Å². The number of allylic oxidation sites excluding steroid dienone is 11. The van der Waals surface area contributed by atoms with Crippen molar-refractivity contribution in [3.05, 3.63) is 72.9 Å². The fourth-order valence-electron chi connectivity index (χ4n) is 11.7. The molecule has 9 N–H and O–H groups in total. The van der Waals surface area contributed by atoms with Gasteiger partial charge in [-0.2, -0.15) is 0 Å². The molecule has 14 heteroatoms. The topological polar surface area (TPSA) is 228 Å². The van der Waals surface area contributed by atoms with Gasteiger partial charge in [-0.05, 0) is 70.6 Å². The summed E-state index contributed by atoms with van der Waals surface area (Å²) >= 11 is 0. The minimum absolute atomic E-state index is 0.245. The van der Waals surface area contributed by atoms with Crippen LogP contribution in [0.3, 0.4) is 0 Å². The Morgan fingerprint density at radius 3 is 1.25 bits per heavy atom. The Morgan fingerprint density at radius 2 is 0.795 bits per heavy atom. The fourth-order valence-corrected chi connectivity index (χ4v) is 11.7. The molecule has 0 radical (unpaired) electrons. The number of unbranched alkanes of at least 4 members (excludes halogenated alkanes) is 36. The fraction of sp³-hybridized carbons (Fsp3) is 0.824. The Bertz CT molecular complexity index is 1750.